The van der Waals surface area contributed by atoms with Crippen molar-refractivity contribution in [3.8, 4) is 23.3 Å². The summed E-state index contributed by atoms with van der Waals surface area (Å²) in [6, 6.07) is 7.79. The molecule has 0 aliphatic carbocycles. The largest absolute Gasteiger partial charge is 0.384 e. The van der Waals surface area contributed by atoms with E-state index in [-0.39, 0.29) is 34.7 Å². The van der Waals surface area contributed by atoms with Crippen LogP contribution < -0.4 is 11.3 Å². The molecule has 0 aliphatic heterocycles. The number of H-pyrrole nitrogens is 1. The zero-order valence-corrected chi connectivity index (χ0v) is 13.0. The van der Waals surface area contributed by atoms with Crippen molar-refractivity contribution in [1.82, 2.24) is 4.98 Å². The first-order valence-electron chi connectivity index (χ1n) is 7.26. The van der Waals surface area contributed by atoms with E-state index in [4.69, 9.17) is 10.5 Å². The Balaban J connectivity index is 2.57. The third-order valence-corrected chi connectivity index (χ3v) is 3.42. The molecular weight excluding hydrogens is 311 g/mol. The molecule has 0 saturated heterocycles. The molecule has 0 fully saturated rings. The molecule has 6 nitrogen and oxygen atoms in total. The summed E-state index contributed by atoms with van der Waals surface area (Å²) >= 11 is 0. The van der Waals surface area contributed by atoms with E-state index in [1.165, 1.54) is 18.2 Å². The summed E-state index contributed by atoms with van der Waals surface area (Å²) in [7, 11) is 0. The summed E-state index contributed by atoms with van der Waals surface area (Å²) in [6.07, 6.45) is 0.822. The van der Waals surface area contributed by atoms with Gasteiger partial charge in [-0.05, 0) is 18.1 Å². The molecule has 0 bridgehead atoms. The van der Waals surface area contributed by atoms with E-state index in [9.17, 15) is 19.7 Å². The molecule has 2 aromatic rings. The van der Waals surface area contributed by atoms with Gasteiger partial charge in [0.2, 0.25) is 0 Å². The first kappa shape index (κ1) is 17.2. The molecule has 1 heterocycles. The third kappa shape index (κ3) is 3.27. The molecule has 1 aromatic carbocycles. The van der Waals surface area contributed by atoms with Crippen LogP contribution in [0.25, 0.3) is 11.1 Å². The predicted molar refractivity (Wildman–Crippen MR) is 86.2 cm³/mol. The average molecular weight is 326 g/mol. The first-order chi connectivity index (χ1) is 11.5. The topological polar surface area (TPSA) is 116 Å². The van der Waals surface area contributed by atoms with Gasteiger partial charge in [0.25, 0.3) is 5.56 Å². The first-order valence-corrected chi connectivity index (χ1v) is 7.26. The van der Waals surface area contributed by atoms with Gasteiger partial charge in [-0.1, -0.05) is 19.1 Å². The van der Waals surface area contributed by atoms with Gasteiger partial charge in [0, 0.05) is 17.7 Å². The maximum atomic E-state index is 14.3. The maximum Gasteiger partial charge on any atom is 0.268 e. The lowest BCUT2D eigenvalue weighted by Gasteiger charge is -2.10. The van der Waals surface area contributed by atoms with Gasteiger partial charge in [0.15, 0.2) is 0 Å². The Kier molecular flexibility index (Phi) is 5.31. The van der Waals surface area contributed by atoms with Crippen LogP contribution in [0.3, 0.4) is 0 Å². The Morgan fingerprint density at radius 3 is 2.58 bits per heavy atom. The Morgan fingerprint density at radius 2 is 2.00 bits per heavy atom. The van der Waals surface area contributed by atoms with Crippen molar-refractivity contribution in [2.45, 2.75) is 20.0 Å². The molecule has 24 heavy (non-hydrogen) atoms. The van der Waals surface area contributed by atoms with E-state index >= 15 is 0 Å². The van der Waals surface area contributed by atoms with Crippen molar-refractivity contribution in [2.24, 2.45) is 0 Å². The molecule has 122 valence electrons. The molecule has 0 amide bonds. The number of ether oxygens (including phenoxy) is 1. The van der Waals surface area contributed by atoms with E-state index in [2.05, 4.69) is 4.98 Å². The Bertz CT molecular complexity index is 907. The van der Waals surface area contributed by atoms with E-state index in [0.717, 1.165) is 6.42 Å². The zero-order valence-electron chi connectivity index (χ0n) is 13.0. The van der Waals surface area contributed by atoms with Crippen LogP contribution in [0.1, 0.15) is 30.0 Å². The Labute approximate surface area is 137 Å². The van der Waals surface area contributed by atoms with Gasteiger partial charge < -0.3 is 15.5 Å². The van der Waals surface area contributed by atoms with Crippen LogP contribution in [0.5, 0.6) is 0 Å². The summed E-state index contributed by atoms with van der Waals surface area (Å²) in [4.78, 5) is 14.1. The quantitative estimate of drug-likeness (QED) is 0.819. The standard InChI is InChI=1S/C17H15FN4O2/c1-2-5-24-9-11-4-3-10(6-14(11)18)15-12(7-19)16(21)22-17(23)13(15)8-20/h3-4,6H,2,5,9H2,1H3,(H3,21,22,23). The van der Waals surface area contributed by atoms with Crippen LogP contribution >= 0.6 is 0 Å². The summed E-state index contributed by atoms with van der Waals surface area (Å²) < 4.78 is 19.6. The number of nitriles is 2. The zero-order chi connectivity index (χ0) is 17.7. The molecule has 3 N–H and O–H groups in total. The lowest BCUT2D eigenvalue weighted by atomic mass is 9.95. The number of hydrogen-bond acceptors (Lipinski definition) is 5. The molecule has 0 unspecified atom stereocenters. The van der Waals surface area contributed by atoms with Crippen LogP contribution in [-0.2, 0) is 11.3 Å². The fourth-order valence-corrected chi connectivity index (χ4v) is 2.28. The van der Waals surface area contributed by atoms with Crippen molar-refractivity contribution >= 4 is 5.82 Å². The Morgan fingerprint density at radius 1 is 1.29 bits per heavy atom. The minimum atomic E-state index is -0.722. The van der Waals surface area contributed by atoms with Crippen LogP contribution in [0.15, 0.2) is 23.0 Å². The summed E-state index contributed by atoms with van der Waals surface area (Å²) in [5.74, 6) is -0.706. The van der Waals surface area contributed by atoms with E-state index in [1.807, 2.05) is 13.0 Å². The number of anilines is 1. The summed E-state index contributed by atoms with van der Waals surface area (Å²) in [6.45, 7) is 2.58. The fourth-order valence-electron chi connectivity index (χ4n) is 2.28. The van der Waals surface area contributed by atoms with Crippen LogP contribution in [-0.4, -0.2) is 11.6 Å². The number of nitrogen functional groups attached to an aromatic ring is 1. The number of nitrogens with two attached hydrogens (primary N) is 1. The number of hydrogen-bond donors (Lipinski definition) is 2. The van der Waals surface area contributed by atoms with Crippen LogP contribution in [0.2, 0.25) is 0 Å². The second-order valence-corrected chi connectivity index (χ2v) is 5.08. The van der Waals surface area contributed by atoms with Gasteiger partial charge in [-0.15, -0.1) is 0 Å². The van der Waals surface area contributed by atoms with Gasteiger partial charge in [0.1, 0.15) is 34.9 Å². The number of halogens is 1. The second kappa shape index (κ2) is 7.40. The van der Waals surface area contributed by atoms with Crippen molar-refractivity contribution in [3.63, 3.8) is 0 Å². The van der Waals surface area contributed by atoms with Gasteiger partial charge in [0.05, 0.1) is 6.61 Å². The molecule has 0 saturated carbocycles. The SMILES string of the molecule is CCCOCc1ccc(-c2c(C#N)c(N)[nH]c(=O)c2C#N)cc1F. The number of nitrogens with zero attached hydrogens (tertiary/aromatic N) is 2. The van der Waals surface area contributed by atoms with E-state index < -0.39 is 11.4 Å². The van der Waals surface area contributed by atoms with Crippen molar-refractivity contribution in [1.29, 1.82) is 10.5 Å². The number of benzene rings is 1. The molecule has 7 heteroatoms. The highest BCUT2D eigenvalue weighted by Gasteiger charge is 2.19. The fraction of sp³-hybridized carbons (Fsp3) is 0.235. The van der Waals surface area contributed by atoms with Gasteiger partial charge in [-0.25, -0.2) is 4.39 Å². The third-order valence-electron chi connectivity index (χ3n) is 3.42. The average Bonchev–Trinajstić information content (AvgIpc) is 2.56. The lowest BCUT2D eigenvalue weighted by Crippen LogP contribution is -2.16. The highest BCUT2D eigenvalue weighted by molar-refractivity contribution is 5.80. The van der Waals surface area contributed by atoms with Crippen LogP contribution in [0, 0.1) is 28.5 Å². The summed E-state index contributed by atoms with van der Waals surface area (Å²) in [5.41, 5.74) is 5.18. The van der Waals surface area contributed by atoms with Crippen molar-refractivity contribution < 1.29 is 9.13 Å². The number of rotatable bonds is 5. The van der Waals surface area contributed by atoms with Gasteiger partial charge in [-0.2, -0.15) is 10.5 Å². The number of aromatic nitrogens is 1. The van der Waals surface area contributed by atoms with Crippen LogP contribution in [0.4, 0.5) is 10.2 Å². The van der Waals surface area contributed by atoms with E-state index in [0.29, 0.717) is 12.2 Å². The molecule has 0 radical (unpaired) electrons. The van der Waals surface area contributed by atoms with E-state index in [1.54, 1.807) is 6.07 Å². The number of pyridine rings is 1. The molecule has 0 aliphatic rings. The van der Waals surface area contributed by atoms with Crippen molar-refractivity contribution in [2.75, 3.05) is 12.3 Å². The Hall–Kier alpha value is -3.16. The molecule has 2 rings (SSSR count). The molecule has 0 spiro atoms. The maximum absolute atomic E-state index is 14.3. The lowest BCUT2D eigenvalue weighted by molar-refractivity contribution is 0.119. The second-order valence-electron chi connectivity index (χ2n) is 5.08. The summed E-state index contributed by atoms with van der Waals surface area (Å²) in [5, 5.41) is 18.5. The number of nitrogens with one attached hydrogen (secondary N) is 1. The highest BCUT2D eigenvalue weighted by atomic mass is 19.1. The van der Waals surface area contributed by atoms with Crippen molar-refractivity contribution in [3.05, 3.63) is 51.1 Å². The predicted octanol–water partition coefficient (Wildman–Crippen LogP) is 2.43. The smallest absolute Gasteiger partial charge is 0.268 e. The van der Waals surface area contributed by atoms with Gasteiger partial charge >= 0.3 is 0 Å². The monoisotopic (exact) mass is 326 g/mol. The number of aromatic amines is 1. The minimum Gasteiger partial charge on any atom is -0.384 e. The van der Waals surface area contributed by atoms with Gasteiger partial charge in [-0.3, -0.25) is 4.79 Å². The molecule has 1 aromatic heterocycles. The highest BCUT2D eigenvalue weighted by Crippen LogP contribution is 2.29. The normalized spacial score (nSPS) is 10.2. The molecule has 0 atom stereocenters. The minimum absolute atomic E-state index is 0.0289. The molecular formula is C17H15FN4O2.